The summed E-state index contributed by atoms with van der Waals surface area (Å²) in [6.07, 6.45) is -4.51. The van der Waals surface area contributed by atoms with E-state index in [0.717, 1.165) is 12.1 Å². The van der Waals surface area contributed by atoms with E-state index < -0.39 is 22.8 Å². The third-order valence-corrected chi connectivity index (χ3v) is 2.03. The van der Waals surface area contributed by atoms with Crippen LogP contribution in [0.4, 0.5) is 17.6 Å². The van der Waals surface area contributed by atoms with Gasteiger partial charge in [0.05, 0.1) is 5.56 Å². The number of hydrogen-bond acceptors (Lipinski definition) is 1. The predicted octanol–water partition coefficient (Wildman–Crippen LogP) is 3.84. The largest absolute Gasteiger partial charge is 0.416 e. The molecule has 1 aromatic rings. The van der Waals surface area contributed by atoms with E-state index in [-0.39, 0.29) is 5.56 Å². The summed E-state index contributed by atoms with van der Waals surface area (Å²) in [7, 11) is 0. The minimum atomic E-state index is -4.51. The monoisotopic (exact) mass is 224 g/mol. The molecule has 1 unspecified atom stereocenters. The Labute approximate surface area is 84.3 Å². The van der Waals surface area contributed by atoms with Gasteiger partial charge in [0.1, 0.15) is 5.82 Å². The van der Waals surface area contributed by atoms with Gasteiger partial charge in [-0.1, -0.05) is 0 Å². The van der Waals surface area contributed by atoms with Crippen molar-refractivity contribution in [3.8, 4) is 0 Å². The minimum Gasteiger partial charge on any atom is -0.207 e. The van der Waals surface area contributed by atoms with Crippen LogP contribution in [0.25, 0.3) is 0 Å². The van der Waals surface area contributed by atoms with Crippen LogP contribution in [0.1, 0.15) is 23.3 Å². The topological polar surface area (TPSA) is 0 Å². The molecule has 0 fully saturated rings. The lowest BCUT2D eigenvalue weighted by Gasteiger charge is -2.10. The maximum atomic E-state index is 12.8. The molecule has 14 heavy (non-hydrogen) atoms. The first-order valence-electron chi connectivity index (χ1n) is 3.86. The van der Waals surface area contributed by atoms with Gasteiger partial charge in [-0.15, -0.1) is 0 Å². The van der Waals surface area contributed by atoms with Crippen LogP contribution in [-0.2, 0) is 6.18 Å². The van der Waals surface area contributed by atoms with Crippen molar-refractivity contribution in [1.29, 1.82) is 0 Å². The van der Waals surface area contributed by atoms with Gasteiger partial charge in [0.2, 0.25) is 0 Å². The van der Waals surface area contributed by atoms with Gasteiger partial charge in [0, 0.05) is 5.25 Å². The van der Waals surface area contributed by atoms with Crippen LogP contribution in [-0.4, -0.2) is 0 Å². The van der Waals surface area contributed by atoms with Crippen LogP contribution >= 0.6 is 12.6 Å². The maximum Gasteiger partial charge on any atom is 0.416 e. The first-order valence-corrected chi connectivity index (χ1v) is 4.38. The van der Waals surface area contributed by atoms with Crippen LogP contribution in [0.5, 0.6) is 0 Å². The van der Waals surface area contributed by atoms with Gasteiger partial charge in [-0.3, -0.25) is 0 Å². The molecule has 0 nitrogen and oxygen atoms in total. The zero-order chi connectivity index (χ0) is 10.9. The van der Waals surface area contributed by atoms with Gasteiger partial charge in [-0.05, 0) is 30.7 Å². The second kappa shape index (κ2) is 3.81. The zero-order valence-corrected chi connectivity index (χ0v) is 8.16. The first kappa shape index (κ1) is 11.4. The van der Waals surface area contributed by atoms with Gasteiger partial charge in [0.15, 0.2) is 0 Å². The molecule has 0 spiro atoms. The summed E-state index contributed by atoms with van der Waals surface area (Å²) in [5.41, 5.74) is -0.756. The van der Waals surface area contributed by atoms with Crippen LogP contribution in [0.15, 0.2) is 18.2 Å². The highest BCUT2D eigenvalue weighted by molar-refractivity contribution is 7.80. The predicted molar refractivity (Wildman–Crippen MR) is 48.8 cm³/mol. The average molecular weight is 224 g/mol. The van der Waals surface area contributed by atoms with E-state index >= 15 is 0 Å². The summed E-state index contributed by atoms with van der Waals surface area (Å²) in [5.74, 6) is -0.893. The summed E-state index contributed by atoms with van der Waals surface area (Å²) >= 11 is 3.94. The molecule has 5 heteroatoms. The maximum absolute atomic E-state index is 12.8. The number of rotatable bonds is 1. The van der Waals surface area contributed by atoms with Crippen LogP contribution in [0.3, 0.4) is 0 Å². The van der Waals surface area contributed by atoms with Crippen molar-refractivity contribution in [2.45, 2.75) is 18.3 Å². The molecular weight excluding hydrogens is 216 g/mol. The fourth-order valence-corrected chi connectivity index (χ4v) is 1.17. The summed E-state index contributed by atoms with van der Waals surface area (Å²) < 4.78 is 49.4. The standard InChI is InChI=1S/C9H8F4S/c1-5(14)6-2-7(9(11,12)13)4-8(10)3-6/h2-5,14H,1H3. The molecule has 0 bridgehead atoms. The molecule has 0 saturated carbocycles. The Bertz CT molecular complexity index is 330. The molecule has 1 rings (SSSR count). The fraction of sp³-hybridized carbons (Fsp3) is 0.333. The van der Waals surface area contributed by atoms with Crippen molar-refractivity contribution in [2.75, 3.05) is 0 Å². The molecule has 0 aliphatic heterocycles. The van der Waals surface area contributed by atoms with Crippen LogP contribution in [0.2, 0.25) is 0 Å². The lowest BCUT2D eigenvalue weighted by atomic mass is 10.1. The number of hydrogen-bond donors (Lipinski definition) is 1. The minimum absolute atomic E-state index is 0.223. The SMILES string of the molecule is CC(S)c1cc(F)cc(C(F)(F)F)c1. The molecule has 0 saturated heterocycles. The highest BCUT2D eigenvalue weighted by Gasteiger charge is 2.31. The van der Waals surface area contributed by atoms with E-state index in [2.05, 4.69) is 12.6 Å². The van der Waals surface area contributed by atoms with Gasteiger partial charge in [0.25, 0.3) is 0 Å². The van der Waals surface area contributed by atoms with Crippen molar-refractivity contribution in [2.24, 2.45) is 0 Å². The van der Waals surface area contributed by atoms with Crippen molar-refractivity contribution in [3.05, 3.63) is 35.1 Å². The molecule has 0 amide bonds. The van der Waals surface area contributed by atoms with Crippen molar-refractivity contribution in [3.63, 3.8) is 0 Å². The van der Waals surface area contributed by atoms with Gasteiger partial charge in [-0.25, -0.2) is 4.39 Å². The highest BCUT2D eigenvalue weighted by Crippen LogP contribution is 2.32. The molecule has 0 heterocycles. The second-order valence-electron chi connectivity index (χ2n) is 2.95. The number of halogens is 4. The Morgan fingerprint density at radius 1 is 1.21 bits per heavy atom. The summed E-state index contributed by atoms with van der Waals surface area (Å²) in [6, 6.07) is 2.42. The molecule has 1 aromatic carbocycles. The Morgan fingerprint density at radius 2 is 1.79 bits per heavy atom. The molecule has 0 aliphatic rings. The third kappa shape index (κ3) is 2.64. The Morgan fingerprint density at radius 3 is 2.21 bits per heavy atom. The van der Waals surface area contributed by atoms with E-state index in [1.165, 1.54) is 0 Å². The molecular formula is C9H8F4S. The Kier molecular flexibility index (Phi) is 3.09. The normalized spacial score (nSPS) is 14.1. The van der Waals surface area contributed by atoms with E-state index in [4.69, 9.17) is 0 Å². The lowest BCUT2D eigenvalue weighted by Crippen LogP contribution is -2.06. The first-order chi connectivity index (χ1) is 6.30. The van der Waals surface area contributed by atoms with E-state index in [1.807, 2.05) is 0 Å². The zero-order valence-electron chi connectivity index (χ0n) is 7.27. The number of benzene rings is 1. The highest BCUT2D eigenvalue weighted by atomic mass is 32.1. The van der Waals surface area contributed by atoms with Crippen LogP contribution in [0, 0.1) is 5.82 Å². The summed E-state index contributed by atoms with van der Waals surface area (Å²) in [4.78, 5) is 0. The van der Waals surface area contributed by atoms with Crippen molar-refractivity contribution in [1.82, 2.24) is 0 Å². The Balaban J connectivity index is 3.21. The summed E-state index contributed by atoms with van der Waals surface area (Å²) in [5, 5.41) is -0.424. The number of alkyl halides is 3. The van der Waals surface area contributed by atoms with Gasteiger partial charge < -0.3 is 0 Å². The second-order valence-corrected chi connectivity index (χ2v) is 3.72. The van der Waals surface area contributed by atoms with E-state index in [1.54, 1.807) is 6.92 Å². The third-order valence-electron chi connectivity index (χ3n) is 1.73. The van der Waals surface area contributed by atoms with E-state index in [0.29, 0.717) is 6.07 Å². The van der Waals surface area contributed by atoms with Crippen molar-refractivity contribution < 1.29 is 17.6 Å². The van der Waals surface area contributed by atoms with Gasteiger partial charge >= 0.3 is 6.18 Å². The lowest BCUT2D eigenvalue weighted by molar-refractivity contribution is -0.137. The smallest absolute Gasteiger partial charge is 0.207 e. The van der Waals surface area contributed by atoms with Gasteiger partial charge in [-0.2, -0.15) is 25.8 Å². The van der Waals surface area contributed by atoms with Crippen LogP contribution < -0.4 is 0 Å². The quantitative estimate of drug-likeness (QED) is 0.544. The fourth-order valence-electron chi connectivity index (χ4n) is 1.02. The number of thiol groups is 1. The Hall–Kier alpha value is -0.710. The van der Waals surface area contributed by atoms with Crippen molar-refractivity contribution >= 4 is 12.6 Å². The molecule has 78 valence electrons. The molecule has 1 atom stereocenters. The van der Waals surface area contributed by atoms with E-state index in [9.17, 15) is 17.6 Å². The molecule has 0 aliphatic carbocycles. The molecule has 0 radical (unpaired) electrons. The molecule has 0 N–H and O–H groups in total. The molecule has 0 aromatic heterocycles. The average Bonchev–Trinajstić information content (AvgIpc) is 2.01. The summed E-state index contributed by atoms with van der Waals surface area (Å²) in [6.45, 7) is 1.58.